The highest BCUT2D eigenvalue weighted by atomic mass is 32.1. The van der Waals surface area contributed by atoms with Crippen molar-refractivity contribution in [3.63, 3.8) is 0 Å². The lowest BCUT2D eigenvalue weighted by atomic mass is 9.84. The maximum atomic E-state index is 12.9. The van der Waals surface area contributed by atoms with Crippen LogP contribution in [0, 0.1) is 11.9 Å². The average Bonchev–Trinajstić information content (AvgIpc) is 3.07. The van der Waals surface area contributed by atoms with Crippen molar-refractivity contribution in [2.45, 2.75) is 18.9 Å². The molecule has 0 aromatic carbocycles. The zero-order valence-electron chi connectivity index (χ0n) is 12.5. The second kappa shape index (κ2) is 5.98. The molecule has 3 saturated heterocycles. The first kappa shape index (κ1) is 14.7. The number of fused-ring (bicyclic) bond motifs is 3. The van der Waals surface area contributed by atoms with Crippen LogP contribution in [0.3, 0.4) is 0 Å². The van der Waals surface area contributed by atoms with Gasteiger partial charge in [-0.05, 0) is 44.0 Å². The van der Waals surface area contributed by atoms with Crippen LogP contribution in [0.25, 0.3) is 10.4 Å². The van der Waals surface area contributed by atoms with Gasteiger partial charge in [-0.3, -0.25) is 4.79 Å². The molecule has 1 amide bonds. The van der Waals surface area contributed by atoms with E-state index >= 15 is 0 Å². The smallest absolute Gasteiger partial charge is 0.280 e. The summed E-state index contributed by atoms with van der Waals surface area (Å²) in [7, 11) is 0. The minimum absolute atomic E-state index is 0.116. The largest absolute Gasteiger partial charge is 0.346 e. The average molecular weight is 332 g/mol. The molecule has 7 heteroatoms. The molecule has 0 saturated carbocycles. The minimum Gasteiger partial charge on any atom is -0.346 e. The minimum atomic E-state index is -0.515. The number of nitrogens with one attached hydrogen (secondary N) is 1. The first-order valence-electron chi connectivity index (χ1n) is 7.80. The first-order chi connectivity index (χ1) is 11.2. The standard InChI is InChI=1S/C16H17FN4OS/c17-14-2-1-11(7-18-14)13-8-19-16(23-13)15(22)20-12-9-21-5-3-10(12)4-6-21/h1-2,7-8,10,12H,3-6,9H2,(H,20,22)/t12-/m0/s1. The number of carbonyl (C=O) groups excluding carboxylic acids is 1. The van der Waals surface area contributed by atoms with Crippen molar-refractivity contribution in [2.24, 2.45) is 5.92 Å². The van der Waals surface area contributed by atoms with E-state index in [1.807, 2.05) is 0 Å². The lowest BCUT2D eigenvalue weighted by Gasteiger charge is -2.44. The van der Waals surface area contributed by atoms with Crippen molar-refractivity contribution in [1.29, 1.82) is 0 Å². The molecule has 1 atom stereocenters. The van der Waals surface area contributed by atoms with Crippen LogP contribution < -0.4 is 5.32 Å². The fourth-order valence-electron chi connectivity index (χ4n) is 3.39. The SMILES string of the molecule is O=C(N[C@H]1CN2CCC1CC2)c1ncc(-c2ccc(F)nc2)s1. The Kier molecular flexibility index (Phi) is 3.82. The van der Waals surface area contributed by atoms with Crippen molar-refractivity contribution in [1.82, 2.24) is 20.2 Å². The van der Waals surface area contributed by atoms with Crippen LogP contribution in [0.15, 0.2) is 24.5 Å². The van der Waals surface area contributed by atoms with Gasteiger partial charge in [-0.25, -0.2) is 9.97 Å². The Morgan fingerprint density at radius 2 is 2.09 bits per heavy atom. The maximum Gasteiger partial charge on any atom is 0.280 e. The van der Waals surface area contributed by atoms with Gasteiger partial charge in [-0.1, -0.05) is 0 Å². The van der Waals surface area contributed by atoms with Crippen molar-refractivity contribution in [3.8, 4) is 10.4 Å². The number of aromatic nitrogens is 2. The maximum absolute atomic E-state index is 12.9. The molecule has 2 bridgehead atoms. The van der Waals surface area contributed by atoms with Crippen molar-refractivity contribution in [3.05, 3.63) is 35.5 Å². The summed E-state index contributed by atoms with van der Waals surface area (Å²) in [4.78, 5) is 23.5. The number of amides is 1. The predicted octanol–water partition coefficient (Wildman–Crippen LogP) is 2.17. The lowest BCUT2D eigenvalue weighted by Crippen LogP contribution is -2.57. The Bertz CT molecular complexity index is 709. The van der Waals surface area contributed by atoms with Gasteiger partial charge >= 0.3 is 0 Å². The lowest BCUT2D eigenvalue weighted by molar-refractivity contribution is 0.0620. The summed E-state index contributed by atoms with van der Waals surface area (Å²) in [6.45, 7) is 3.24. The van der Waals surface area contributed by atoms with Crippen LogP contribution in [0.1, 0.15) is 22.6 Å². The second-order valence-corrected chi connectivity index (χ2v) is 7.15. The van der Waals surface area contributed by atoms with E-state index in [2.05, 4.69) is 20.2 Å². The highest BCUT2D eigenvalue weighted by Gasteiger charge is 2.35. The summed E-state index contributed by atoms with van der Waals surface area (Å²) in [5.74, 6) is -0.0432. The van der Waals surface area contributed by atoms with E-state index < -0.39 is 5.95 Å². The fraction of sp³-hybridized carbons (Fsp3) is 0.438. The van der Waals surface area contributed by atoms with E-state index in [1.54, 1.807) is 12.3 Å². The number of piperidine rings is 3. The number of thiazole rings is 1. The van der Waals surface area contributed by atoms with Crippen molar-refractivity contribution < 1.29 is 9.18 Å². The summed E-state index contributed by atoms with van der Waals surface area (Å²) in [5, 5.41) is 3.58. The molecule has 5 heterocycles. The molecule has 2 aromatic heterocycles. The van der Waals surface area contributed by atoms with Gasteiger partial charge in [0.15, 0.2) is 5.01 Å². The number of pyridine rings is 1. The topological polar surface area (TPSA) is 58.1 Å². The van der Waals surface area contributed by atoms with Gasteiger partial charge in [0.2, 0.25) is 5.95 Å². The van der Waals surface area contributed by atoms with Gasteiger partial charge in [-0.15, -0.1) is 11.3 Å². The Morgan fingerprint density at radius 3 is 2.74 bits per heavy atom. The molecule has 0 unspecified atom stereocenters. The van der Waals surface area contributed by atoms with Crippen LogP contribution in [0.5, 0.6) is 0 Å². The molecule has 5 nitrogen and oxygen atoms in total. The van der Waals surface area contributed by atoms with Gasteiger partial charge in [0.05, 0.1) is 4.88 Å². The van der Waals surface area contributed by atoms with Gasteiger partial charge in [0.25, 0.3) is 5.91 Å². The monoisotopic (exact) mass is 332 g/mol. The normalized spacial score (nSPS) is 26.2. The zero-order chi connectivity index (χ0) is 15.8. The Hall–Kier alpha value is -1.86. The summed E-state index contributed by atoms with van der Waals surface area (Å²) in [6, 6.07) is 3.18. The third-order valence-corrected chi connectivity index (χ3v) is 5.73. The number of nitrogens with zero attached hydrogens (tertiary/aromatic N) is 3. The number of rotatable bonds is 3. The molecule has 120 valence electrons. The summed E-state index contributed by atoms with van der Waals surface area (Å²) < 4.78 is 12.9. The molecule has 23 heavy (non-hydrogen) atoms. The molecule has 0 radical (unpaired) electrons. The number of hydrogen-bond donors (Lipinski definition) is 1. The Balaban J connectivity index is 1.46. The molecular formula is C16H17FN4OS. The predicted molar refractivity (Wildman–Crippen MR) is 85.7 cm³/mol. The van der Waals surface area contributed by atoms with Crippen LogP contribution >= 0.6 is 11.3 Å². The molecule has 3 aliphatic rings. The van der Waals surface area contributed by atoms with E-state index in [4.69, 9.17) is 0 Å². The number of hydrogen-bond acceptors (Lipinski definition) is 5. The second-order valence-electron chi connectivity index (χ2n) is 6.12. The quantitative estimate of drug-likeness (QED) is 0.875. The molecule has 0 aliphatic carbocycles. The van der Waals surface area contributed by atoms with Crippen molar-refractivity contribution in [2.75, 3.05) is 19.6 Å². The highest BCUT2D eigenvalue weighted by molar-refractivity contribution is 7.16. The van der Waals surface area contributed by atoms with Gasteiger partial charge in [0, 0.05) is 30.5 Å². The van der Waals surface area contributed by atoms with Crippen molar-refractivity contribution >= 4 is 17.2 Å². The molecule has 1 N–H and O–H groups in total. The molecule has 3 aliphatic heterocycles. The Labute approximate surface area is 137 Å². The Morgan fingerprint density at radius 1 is 1.26 bits per heavy atom. The van der Waals surface area contributed by atoms with Crippen LogP contribution in [0.4, 0.5) is 4.39 Å². The van der Waals surface area contributed by atoms with Crippen LogP contribution in [-0.4, -0.2) is 46.5 Å². The van der Waals surface area contributed by atoms with E-state index in [-0.39, 0.29) is 11.9 Å². The molecule has 5 rings (SSSR count). The summed E-state index contributed by atoms with van der Waals surface area (Å²) in [5.41, 5.74) is 0.769. The molecule has 3 fully saturated rings. The van der Waals surface area contributed by atoms with Gasteiger partial charge < -0.3 is 10.2 Å². The van der Waals surface area contributed by atoms with E-state index in [1.165, 1.54) is 23.6 Å². The summed E-state index contributed by atoms with van der Waals surface area (Å²) in [6.07, 6.45) is 5.42. The number of halogens is 1. The van der Waals surface area contributed by atoms with E-state index in [0.717, 1.165) is 42.9 Å². The van der Waals surface area contributed by atoms with Gasteiger partial charge in [-0.2, -0.15) is 4.39 Å². The fourth-order valence-corrected chi connectivity index (χ4v) is 4.20. The van der Waals surface area contributed by atoms with Crippen LogP contribution in [-0.2, 0) is 0 Å². The van der Waals surface area contributed by atoms with Crippen LogP contribution in [0.2, 0.25) is 0 Å². The number of carbonyl (C=O) groups is 1. The van der Waals surface area contributed by atoms with E-state index in [9.17, 15) is 9.18 Å². The molecule has 2 aromatic rings. The highest BCUT2D eigenvalue weighted by Crippen LogP contribution is 2.29. The third kappa shape index (κ3) is 2.98. The zero-order valence-corrected chi connectivity index (χ0v) is 13.4. The molecular weight excluding hydrogens is 315 g/mol. The first-order valence-corrected chi connectivity index (χ1v) is 8.61. The van der Waals surface area contributed by atoms with Gasteiger partial charge in [0.1, 0.15) is 0 Å². The van der Waals surface area contributed by atoms with E-state index in [0.29, 0.717) is 10.9 Å². The third-order valence-electron chi connectivity index (χ3n) is 4.68. The summed E-state index contributed by atoms with van der Waals surface area (Å²) >= 11 is 1.31. The molecule has 0 spiro atoms.